The summed E-state index contributed by atoms with van der Waals surface area (Å²) in [6, 6.07) is 0. The van der Waals surface area contributed by atoms with Crippen LogP contribution in [0.15, 0.2) is 0 Å². The average Bonchev–Trinajstić information content (AvgIpc) is 2.44. The molecule has 1 N–H and O–H groups in total. The van der Waals surface area contributed by atoms with Gasteiger partial charge in [-0.25, -0.2) is 0 Å². The lowest BCUT2D eigenvalue weighted by molar-refractivity contribution is 0.0653. The third-order valence-electron chi connectivity index (χ3n) is 2.88. The topological polar surface area (TPSA) is 21.3 Å². The SMILES string of the molecule is CNC1OCC2CCCC21. The zero-order valence-corrected chi connectivity index (χ0v) is 6.47. The van der Waals surface area contributed by atoms with Crippen LogP contribution in [0, 0.1) is 11.8 Å². The molecule has 0 spiro atoms. The van der Waals surface area contributed by atoms with Crippen molar-refractivity contribution in [3.8, 4) is 0 Å². The minimum atomic E-state index is 0.368. The molecule has 2 heteroatoms. The van der Waals surface area contributed by atoms with Gasteiger partial charge in [0.15, 0.2) is 0 Å². The summed E-state index contributed by atoms with van der Waals surface area (Å²) in [6.07, 6.45) is 4.54. The Balaban J connectivity index is 2.01. The Morgan fingerprint density at radius 1 is 1.40 bits per heavy atom. The highest BCUT2D eigenvalue weighted by molar-refractivity contribution is 4.86. The van der Waals surface area contributed by atoms with Crippen molar-refractivity contribution in [2.24, 2.45) is 11.8 Å². The standard InChI is InChI=1S/C8H15NO/c1-9-8-7-4-2-3-6(7)5-10-8/h6-9H,2-5H2,1H3. The van der Waals surface area contributed by atoms with Crippen molar-refractivity contribution >= 4 is 0 Å². The largest absolute Gasteiger partial charge is 0.363 e. The fourth-order valence-corrected chi connectivity index (χ4v) is 2.32. The van der Waals surface area contributed by atoms with Crippen molar-refractivity contribution in [1.29, 1.82) is 0 Å². The molecule has 0 radical (unpaired) electrons. The lowest BCUT2D eigenvalue weighted by Gasteiger charge is -2.14. The molecule has 3 atom stereocenters. The summed E-state index contributed by atoms with van der Waals surface area (Å²) in [6.45, 7) is 0.996. The molecule has 2 aliphatic rings. The summed E-state index contributed by atoms with van der Waals surface area (Å²) in [5.41, 5.74) is 0. The molecule has 2 rings (SSSR count). The van der Waals surface area contributed by atoms with Crippen LogP contribution in [0.3, 0.4) is 0 Å². The average molecular weight is 141 g/mol. The van der Waals surface area contributed by atoms with Gasteiger partial charge in [-0.05, 0) is 25.8 Å². The van der Waals surface area contributed by atoms with Gasteiger partial charge < -0.3 is 4.74 Å². The molecule has 0 aromatic heterocycles. The summed E-state index contributed by atoms with van der Waals surface area (Å²) in [4.78, 5) is 0. The monoisotopic (exact) mass is 141 g/mol. The van der Waals surface area contributed by atoms with Gasteiger partial charge in [-0.1, -0.05) is 6.42 Å². The molecule has 1 aliphatic heterocycles. The lowest BCUT2D eigenvalue weighted by atomic mass is 9.98. The number of hydrogen-bond donors (Lipinski definition) is 1. The molecule has 1 saturated carbocycles. The maximum absolute atomic E-state index is 5.56. The van der Waals surface area contributed by atoms with Gasteiger partial charge in [0.05, 0.1) is 6.61 Å². The van der Waals surface area contributed by atoms with E-state index in [-0.39, 0.29) is 0 Å². The molecule has 10 heavy (non-hydrogen) atoms. The van der Waals surface area contributed by atoms with Gasteiger partial charge in [-0.3, -0.25) is 5.32 Å². The Labute approximate surface area is 61.9 Å². The van der Waals surface area contributed by atoms with E-state index in [0.717, 1.165) is 18.4 Å². The smallest absolute Gasteiger partial charge is 0.111 e. The summed E-state index contributed by atoms with van der Waals surface area (Å²) in [5.74, 6) is 1.70. The van der Waals surface area contributed by atoms with Crippen molar-refractivity contribution in [2.45, 2.75) is 25.5 Å². The molecular weight excluding hydrogens is 126 g/mol. The molecule has 58 valence electrons. The van der Waals surface area contributed by atoms with Crippen molar-refractivity contribution in [3.05, 3.63) is 0 Å². The number of nitrogens with one attached hydrogen (secondary N) is 1. The zero-order chi connectivity index (χ0) is 6.97. The molecule has 2 nitrogen and oxygen atoms in total. The molecule has 1 saturated heterocycles. The van der Waals surface area contributed by atoms with Crippen LogP contribution < -0.4 is 5.32 Å². The normalized spacial score (nSPS) is 45.9. The fraction of sp³-hybridized carbons (Fsp3) is 1.00. The van der Waals surface area contributed by atoms with Crippen molar-refractivity contribution < 1.29 is 4.74 Å². The molecule has 2 fully saturated rings. The van der Waals surface area contributed by atoms with E-state index in [1.54, 1.807) is 0 Å². The van der Waals surface area contributed by atoms with Crippen LogP contribution in [0.4, 0.5) is 0 Å². The first-order chi connectivity index (χ1) is 4.92. The van der Waals surface area contributed by atoms with Crippen molar-refractivity contribution in [3.63, 3.8) is 0 Å². The number of hydrogen-bond acceptors (Lipinski definition) is 2. The van der Waals surface area contributed by atoms with E-state index in [0.29, 0.717) is 6.23 Å². The van der Waals surface area contributed by atoms with E-state index in [1.165, 1.54) is 19.3 Å². The quantitative estimate of drug-likeness (QED) is 0.587. The third kappa shape index (κ3) is 0.867. The summed E-state index contributed by atoms with van der Waals surface area (Å²) < 4.78 is 5.56. The lowest BCUT2D eigenvalue weighted by Crippen LogP contribution is -2.30. The minimum absolute atomic E-state index is 0.368. The second kappa shape index (κ2) is 2.51. The molecule has 0 aromatic carbocycles. The second-order valence-corrected chi connectivity index (χ2v) is 3.40. The Bertz CT molecular complexity index is 126. The van der Waals surface area contributed by atoms with Gasteiger partial charge >= 0.3 is 0 Å². The Kier molecular flexibility index (Phi) is 1.66. The number of fused-ring (bicyclic) bond motifs is 1. The molecule has 3 unspecified atom stereocenters. The first-order valence-electron chi connectivity index (χ1n) is 4.20. The number of ether oxygens (including phenoxy) is 1. The minimum Gasteiger partial charge on any atom is -0.363 e. The van der Waals surface area contributed by atoms with Gasteiger partial charge in [0.1, 0.15) is 6.23 Å². The van der Waals surface area contributed by atoms with Crippen LogP contribution in [0.2, 0.25) is 0 Å². The molecule has 1 aliphatic carbocycles. The van der Waals surface area contributed by atoms with Crippen LogP contribution in [0.1, 0.15) is 19.3 Å². The molecule has 0 amide bonds. The van der Waals surface area contributed by atoms with E-state index >= 15 is 0 Å². The Morgan fingerprint density at radius 3 is 3.10 bits per heavy atom. The third-order valence-corrected chi connectivity index (χ3v) is 2.88. The van der Waals surface area contributed by atoms with E-state index in [1.807, 2.05) is 7.05 Å². The molecule has 1 heterocycles. The zero-order valence-electron chi connectivity index (χ0n) is 6.47. The maximum Gasteiger partial charge on any atom is 0.111 e. The Morgan fingerprint density at radius 2 is 2.30 bits per heavy atom. The predicted octanol–water partition coefficient (Wildman–Crippen LogP) is 0.978. The van der Waals surface area contributed by atoms with Gasteiger partial charge in [0, 0.05) is 5.92 Å². The first-order valence-corrected chi connectivity index (χ1v) is 4.20. The van der Waals surface area contributed by atoms with E-state index in [4.69, 9.17) is 4.74 Å². The Hall–Kier alpha value is -0.0800. The van der Waals surface area contributed by atoms with Gasteiger partial charge in [0.25, 0.3) is 0 Å². The second-order valence-electron chi connectivity index (χ2n) is 3.40. The number of rotatable bonds is 1. The van der Waals surface area contributed by atoms with Crippen molar-refractivity contribution in [1.82, 2.24) is 5.32 Å². The summed E-state index contributed by atoms with van der Waals surface area (Å²) in [5, 5.41) is 3.21. The molecule has 0 bridgehead atoms. The predicted molar refractivity (Wildman–Crippen MR) is 39.6 cm³/mol. The fourth-order valence-electron chi connectivity index (χ4n) is 2.32. The van der Waals surface area contributed by atoms with Crippen LogP contribution >= 0.6 is 0 Å². The van der Waals surface area contributed by atoms with Crippen LogP contribution in [0.25, 0.3) is 0 Å². The molecular formula is C8H15NO. The van der Waals surface area contributed by atoms with E-state index in [2.05, 4.69) is 5.32 Å². The molecule has 0 aromatic rings. The first kappa shape index (κ1) is 6.62. The summed E-state index contributed by atoms with van der Waals surface area (Å²) >= 11 is 0. The highest BCUT2D eigenvalue weighted by Crippen LogP contribution is 2.39. The highest BCUT2D eigenvalue weighted by atomic mass is 16.5. The van der Waals surface area contributed by atoms with Crippen molar-refractivity contribution in [2.75, 3.05) is 13.7 Å². The van der Waals surface area contributed by atoms with Crippen LogP contribution in [0.5, 0.6) is 0 Å². The van der Waals surface area contributed by atoms with E-state index in [9.17, 15) is 0 Å². The van der Waals surface area contributed by atoms with Gasteiger partial charge in [-0.15, -0.1) is 0 Å². The highest BCUT2D eigenvalue weighted by Gasteiger charge is 2.39. The summed E-state index contributed by atoms with van der Waals surface area (Å²) in [7, 11) is 1.99. The van der Waals surface area contributed by atoms with Crippen LogP contribution in [-0.4, -0.2) is 19.9 Å². The maximum atomic E-state index is 5.56. The van der Waals surface area contributed by atoms with Crippen LogP contribution in [-0.2, 0) is 4.74 Å². The van der Waals surface area contributed by atoms with E-state index < -0.39 is 0 Å². The van der Waals surface area contributed by atoms with Gasteiger partial charge in [0.2, 0.25) is 0 Å². The van der Waals surface area contributed by atoms with Gasteiger partial charge in [-0.2, -0.15) is 0 Å².